The molecule has 0 aliphatic carbocycles. The molecule has 102 valence electrons. The van der Waals surface area contributed by atoms with Gasteiger partial charge in [0.05, 0.1) is 19.8 Å². The Morgan fingerprint density at radius 1 is 1.12 bits per heavy atom. The van der Waals surface area contributed by atoms with Gasteiger partial charge in [0.15, 0.2) is 0 Å². The first-order chi connectivity index (χ1) is 8.16. The SMILES string of the molecule is C=C(CNC(C)C)COCCCOCCOC. The van der Waals surface area contributed by atoms with Gasteiger partial charge in [-0.25, -0.2) is 0 Å². The van der Waals surface area contributed by atoms with Crippen molar-refractivity contribution in [2.45, 2.75) is 26.3 Å². The van der Waals surface area contributed by atoms with E-state index in [1.54, 1.807) is 7.11 Å². The Kier molecular flexibility index (Phi) is 11.8. The van der Waals surface area contributed by atoms with Gasteiger partial charge in [0.2, 0.25) is 0 Å². The maximum absolute atomic E-state index is 5.48. The summed E-state index contributed by atoms with van der Waals surface area (Å²) in [6, 6.07) is 0.487. The molecule has 0 aliphatic heterocycles. The van der Waals surface area contributed by atoms with Crippen molar-refractivity contribution in [2.24, 2.45) is 0 Å². The van der Waals surface area contributed by atoms with Crippen LogP contribution in [0.2, 0.25) is 0 Å². The first kappa shape index (κ1) is 16.6. The van der Waals surface area contributed by atoms with Crippen molar-refractivity contribution < 1.29 is 14.2 Å². The van der Waals surface area contributed by atoms with Gasteiger partial charge >= 0.3 is 0 Å². The van der Waals surface area contributed by atoms with Gasteiger partial charge in [0.1, 0.15) is 0 Å². The van der Waals surface area contributed by atoms with Crippen LogP contribution in [0.1, 0.15) is 20.3 Å². The van der Waals surface area contributed by atoms with Crippen LogP contribution >= 0.6 is 0 Å². The molecule has 0 saturated carbocycles. The summed E-state index contributed by atoms with van der Waals surface area (Å²) in [6.07, 6.45) is 0.911. The van der Waals surface area contributed by atoms with E-state index in [0.717, 1.165) is 25.1 Å². The number of nitrogens with one attached hydrogen (secondary N) is 1. The summed E-state index contributed by atoms with van der Waals surface area (Å²) in [7, 11) is 1.67. The zero-order valence-electron chi connectivity index (χ0n) is 11.5. The van der Waals surface area contributed by atoms with Gasteiger partial charge in [-0.15, -0.1) is 0 Å². The van der Waals surface area contributed by atoms with Crippen LogP contribution in [0.5, 0.6) is 0 Å². The molecule has 0 aromatic rings. The smallest absolute Gasteiger partial charge is 0.0700 e. The zero-order chi connectivity index (χ0) is 12.9. The maximum Gasteiger partial charge on any atom is 0.0700 e. The predicted octanol–water partition coefficient (Wildman–Crippen LogP) is 1.61. The van der Waals surface area contributed by atoms with Crippen LogP contribution in [-0.2, 0) is 14.2 Å². The lowest BCUT2D eigenvalue weighted by Gasteiger charge is -2.11. The molecule has 0 bridgehead atoms. The molecule has 0 heterocycles. The Bertz CT molecular complexity index is 184. The fourth-order valence-corrected chi connectivity index (χ4v) is 1.12. The van der Waals surface area contributed by atoms with Crippen LogP contribution in [0.25, 0.3) is 0 Å². The van der Waals surface area contributed by atoms with E-state index in [4.69, 9.17) is 14.2 Å². The molecular formula is C13H27NO3. The fourth-order valence-electron chi connectivity index (χ4n) is 1.12. The monoisotopic (exact) mass is 245 g/mol. The highest BCUT2D eigenvalue weighted by molar-refractivity contribution is 4.97. The standard InChI is InChI=1S/C13H27NO3/c1-12(2)14-10-13(3)11-17-7-5-6-16-9-8-15-4/h12,14H,3,5-11H2,1-2,4H3. The molecule has 0 aliphatic rings. The van der Waals surface area contributed by atoms with Crippen molar-refractivity contribution in [3.8, 4) is 0 Å². The Labute approximate surface area is 105 Å². The van der Waals surface area contributed by atoms with Gasteiger partial charge in [0.25, 0.3) is 0 Å². The molecule has 0 fully saturated rings. The van der Waals surface area contributed by atoms with Crippen LogP contribution in [-0.4, -0.2) is 52.7 Å². The lowest BCUT2D eigenvalue weighted by Crippen LogP contribution is -2.26. The molecule has 0 saturated heterocycles. The average molecular weight is 245 g/mol. The van der Waals surface area contributed by atoms with Gasteiger partial charge in [-0.05, 0) is 12.0 Å². The number of ether oxygens (including phenoxy) is 3. The highest BCUT2D eigenvalue weighted by Crippen LogP contribution is 1.93. The third kappa shape index (κ3) is 13.5. The van der Waals surface area contributed by atoms with E-state index in [-0.39, 0.29) is 0 Å². The van der Waals surface area contributed by atoms with E-state index in [9.17, 15) is 0 Å². The lowest BCUT2D eigenvalue weighted by atomic mass is 10.3. The molecule has 0 aromatic heterocycles. The van der Waals surface area contributed by atoms with Crippen LogP contribution in [0, 0.1) is 0 Å². The summed E-state index contributed by atoms with van der Waals surface area (Å²) in [6.45, 7) is 12.4. The maximum atomic E-state index is 5.48. The Hall–Kier alpha value is -0.420. The molecule has 4 nitrogen and oxygen atoms in total. The predicted molar refractivity (Wildman–Crippen MR) is 70.4 cm³/mol. The molecule has 0 radical (unpaired) electrons. The van der Waals surface area contributed by atoms with Crippen molar-refractivity contribution in [1.82, 2.24) is 5.32 Å². The first-order valence-corrected chi connectivity index (χ1v) is 6.21. The second-order valence-electron chi connectivity index (χ2n) is 4.30. The molecule has 17 heavy (non-hydrogen) atoms. The van der Waals surface area contributed by atoms with Crippen LogP contribution in [0.3, 0.4) is 0 Å². The van der Waals surface area contributed by atoms with Crippen molar-refractivity contribution in [1.29, 1.82) is 0 Å². The largest absolute Gasteiger partial charge is 0.382 e. The quantitative estimate of drug-likeness (QED) is 0.419. The minimum atomic E-state index is 0.487. The third-order valence-electron chi connectivity index (χ3n) is 2.08. The fraction of sp³-hybridized carbons (Fsp3) is 0.846. The van der Waals surface area contributed by atoms with E-state index in [2.05, 4.69) is 25.7 Å². The normalized spacial score (nSPS) is 11.1. The van der Waals surface area contributed by atoms with Crippen molar-refractivity contribution in [2.75, 3.05) is 46.7 Å². The Morgan fingerprint density at radius 3 is 2.47 bits per heavy atom. The van der Waals surface area contributed by atoms with E-state index < -0.39 is 0 Å². The van der Waals surface area contributed by atoms with Gasteiger partial charge in [-0.2, -0.15) is 0 Å². The molecule has 1 N–H and O–H groups in total. The summed E-state index contributed by atoms with van der Waals surface area (Å²) in [5.74, 6) is 0. The summed E-state index contributed by atoms with van der Waals surface area (Å²) < 4.78 is 15.7. The minimum absolute atomic E-state index is 0.487. The van der Waals surface area contributed by atoms with E-state index in [1.807, 2.05) is 0 Å². The molecule has 0 atom stereocenters. The second-order valence-corrected chi connectivity index (χ2v) is 4.30. The number of methoxy groups -OCH3 is 1. The van der Waals surface area contributed by atoms with E-state index >= 15 is 0 Å². The molecule has 4 heteroatoms. The highest BCUT2D eigenvalue weighted by atomic mass is 16.5. The van der Waals surface area contributed by atoms with Crippen molar-refractivity contribution in [3.05, 3.63) is 12.2 Å². The van der Waals surface area contributed by atoms with Gasteiger partial charge in [-0.1, -0.05) is 20.4 Å². The number of rotatable bonds is 12. The van der Waals surface area contributed by atoms with Crippen LogP contribution < -0.4 is 5.32 Å². The summed E-state index contributed by atoms with van der Waals surface area (Å²) >= 11 is 0. The summed E-state index contributed by atoms with van der Waals surface area (Å²) in [5, 5.41) is 3.30. The zero-order valence-corrected chi connectivity index (χ0v) is 11.5. The second kappa shape index (κ2) is 12.0. The van der Waals surface area contributed by atoms with Gasteiger partial charge in [0, 0.05) is 32.9 Å². The molecular weight excluding hydrogens is 218 g/mol. The lowest BCUT2D eigenvalue weighted by molar-refractivity contribution is 0.0544. The number of hydrogen-bond acceptors (Lipinski definition) is 4. The summed E-state index contributed by atoms with van der Waals surface area (Å²) in [4.78, 5) is 0. The van der Waals surface area contributed by atoms with E-state index in [0.29, 0.717) is 32.5 Å². The van der Waals surface area contributed by atoms with Crippen LogP contribution in [0.4, 0.5) is 0 Å². The van der Waals surface area contributed by atoms with Gasteiger partial charge < -0.3 is 19.5 Å². The third-order valence-corrected chi connectivity index (χ3v) is 2.08. The highest BCUT2D eigenvalue weighted by Gasteiger charge is 1.97. The van der Waals surface area contributed by atoms with Gasteiger partial charge in [-0.3, -0.25) is 0 Å². The van der Waals surface area contributed by atoms with Crippen LogP contribution in [0.15, 0.2) is 12.2 Å². The average Bonchev–Trinajstić information content (AvgIpc) is 2.30. The van der Waals surface area contributed by atoms with Crippen molar-refractivity contribution in [3.63, 3.8) is 0 Å². The van der Waals surface area contributed by atoms with E-state index in [1.165, 1.54) is 0 Å². The molecule has 0 rings (SSSR count). The molecule has 0 unspecified atom stereocenters. The minimum Gasteiger partial charge on any atom is -0.382 e. The Balaban J connectivity index is 3.14. The molecule has 0 amide bonds. The molecule has 0 spiro atoms. The topological polar surface area (TPSA) is 39.7 Å². The number of hydrogen-bond donors (Lipinski definition) is 1. The first-order valence-electron chi connectivity index (χ1n) is 6.21. The summed E-state index contributed by atoms with van der Waals surface area (Å²) in [5.41, 5.74) is 1.08. The Morgan fingerprint density at radius 2 is 1.82 bits per heavy atom. The van der Waals surface area contributed by atoms with Crippen molar-refractivity contribution >= 4 is 0 Å². The molecule has 0 aromatic carbocycles.